The average molecular weight is 230 g/mol. The van der Waals surface area contributed by atoms with Gasteiger partial charge in [0.2, 0.25) is 0 Å². The molecule has 0 amide bonds. The monoisotopic (exact) mass is 230 g/mol. The second-order valence-electron chi connectivity index (χ2n) is 5.50. The van der Waals surface area contributed by atoms with Crippen LogP contribution in [0.25, 0.3) is 0 Å². The lowest BCUT2D eigenvalue weighted by Gasteiger charge is -2.27. The number of rotatable bonds is 0. The van der Waals surface area contributed by atoms with Crippen molar-refractivity contribution < 1.29 is 9.53 Å². The van der Waals surface area contributed by atoms with E-state index < -0.39 is 0 Å². The number of ether oxygens (including phenoxy) is 1. The van der Waals surface area contributed by atoms with Crippen molar-refractivity contribution in [3.8, 4) is 0 Å². The highest BCUT2D eigenvalue weighted by Crippen LogP contribution is 2.48. The number of carbonyl (C=O) groups is 1. The molecule has 0 aromatic carbocycles. The Balaban J connectivity index is 2.03. The molecule has 2 aliphatic carbocycles. The number of esters is 1. The van der Waals surface area contributed by atoms with Crippen LogP contribution in [0.1, 0.15) is 26.7 Å². The lowest BCUT2D eigenvalue weighted by molar-refractivity contribution is -0.141. The third-order valence-electron chi connectivity index (χ3n) is 4.64. The zero-order chi connectivity index (χ0) is 12.2. The zero-order valence-corrected chi connectivity index (χ0v) is 10.4. The van der Waals surface area contributed by atoms with Gasteiger partial charge in [0.1, 0.15) is 6.10 Å². The Bertz CT molecular complexity index is 456. The van der Waals surface area contributed by atoms with Crippen molar-refractivity contribution >= 4 is 5.97 Å². The van der Waals surface area contributed by atoms with Crippen LogP contribution in [-0.2, 0) is 9.53 Å². The van der Waals surface area contributed by atoms with Crippen LogP contribution in [0.5, 0.6) is 0 Å². The Kier molecular flexibility index (Phi) is 2.29. The van der Waals surface area contributed by atoms with Gasteiger partial charge in [-0.15, -0.1) is 0 Å². The molecule has 0 unspecified atom stereocenters. The molecule has 0 N–H and O–H groups in total. The Labute approximate surface area is 102 Å². The fourth-order valence-corrected chi connectivity index (χ4v) is 3.57. The molecule has 1 fully saturated rings. The van der Waals surface area contributed by atoms with Crippen LogP contribution in [0.2, 0.25) is 0 Å². The molecule has 0 aromatic rings. The highest BCUT2D eigenvalue weighted by atomic mass is 16.6. The molecule has 2 heteroatoms. The van der Waals surface area contributed by atoms with Gasteiger partial charge in [-0.3, -0.25) is 0 Å². The van der Waals surface area contributed by atoms with Gasteiger partial charge in [0.05, 0.1) is 0 Å². The predicted octanol–water partition coefficient (Wildman–Crippen LogP) is 3.02. The molecule has 3 rings (SSSR count). The number of fused-ring (bicyclic) bond motifs is 3. The highest BCUT2D eigenvalue weighted by Gasteiger charge is 2.48. The van der Waals surface area contributed by atoms with E-state index in [0.717, 1.165) is 12.8 Å². The SMILES string of the molecule is C=C1C(=O)O[C@H]2[C@@H]3C(C)=CC[C@H]3C(C)=CC[C@@H]12. The first-order valence-electron chi connectivity index (χ1n) is 6.32. The Hall–Kier alpha value is -1.31. The second-order valence-corrected chi connectivity index (χ2v) is 5.50. The summed E-state index contributed by atoms with van der Waals surface area (Å²) in [6.45, 7) is 8.27. The Morgan fingerprint density at radius 3 is 2.59 bits per heavy atom. The van der Waals surface area contributed by atoms with E-state index in [-0.39, 0.29) is 18.0 Å². The summed E-state index contributed by atoms with van der Waals surface area (Å²) in [6.07, 6.45) is 6.59. The van der Waals surface area contributed by atoms with Crippen molar-refractivity contribution in [2.24, 2.45) is 17.8 Å². The van der Waals surface area contributed by atoms with Gasteiger partial charge in [-0.05, 0) is 32.6 Å². The Morgan fingerprint density at radius 1 is 1.18 bits per heavy atom. The number of allylic oxidation sites excluding steroid dienone is 3. The van der Waals surface area contributed by atoms with Crippen LogP contribution in [0.3, 0.4) is 0 Å². The smallest absolute Gasteiger partial charge is 0.334 e. The van der Waals surface area contributed by atoms with Crippen molar-refractivity contribution in [1.29, 1.82) is 0 Å². The third-order valence-corrected chi connectivity index (χ3v) is 4.64. The van der Waals surface area contributed by atoms with E-state index >= 15 is 0 Å². The van der Waals surface area contributed by atoms with Gasteiger partial charge in [0, 0.05) is 17.4 Å². The summed E-state index contributed by atoms with van der Waals surface area (Å²) in [7, 11) is 0. The van der Waals surface area contributed by atoms with Crippen LogP contribution >= 0.6 is 0 Å². The van der Waals surface area contributed by atoms with Crippen molar-refractivity contribution in [2.75, 3.05) is 0 Å². The summed E-state index contributed by atoms with van der Waals surface area (Å²) in [4.78, 5) is 11.7. The van der Waals surface area contributed by atoms with Gasteiger partial charge in [0.15, 0.2) is 0 Å². The minimum Gasteiger partial charge on any atom is -0.458 e. The van der Waals surface area contributed by atoms with Gasteiger partial charge in [-0.1, -0.05) is 29.9 Å². The van der Waals surface area contributed by atoms with Crippen LogP contribution in [0.15, 0.2) is 35.5 Å². The Morgan fingerprint density at radius 2 is 1.82 bits per heavy atom. The average Bonchev–Trinajstić information content (AvgIpc) is 2.75. The van der Waals surface area contributed by atoms with E-state index in [9.17, 15) is 4.79 Å². The number of hydrogen-bond acceptors (Lipinski definition) is 2. The summed E-state index contributed by atoms with van der Waals surface area (Å²) in [5.41, 5.74) is 3.49. The number of hydrogen-bond donors (Lipinski definition) is 0. The largest absolute Gasteiger partial charge is 0.458 e. The summed E-state index contributed by atoms with van der Waals surface area (Å²) in [5.74, 6) is 0.908. The van der Waals surface area contributed by atoms with Crippen molar-refractivity contribution in [3.05, 3.63) is 35.5 Å². The first-order valence-corrected chi connectivity index (χ1v) is 6.32. The van der Waals surface area contributed by atoms with Gasteiger partial charge < -0.3 is 4.74 Å². The standard InChI is InChI=1S/C15H18O2/c1-8-4-7-12-10(3)15(16)17-14(12)13-9(2)5-6-11(8)13/h4-5,11-14H,3,6-7H2,1-2H3/t11-,12-,13+,14+/m0/s1. The lowest BCUT2D eigenvalue weighted by atomic mass is 9.79. The maximum Gasteiger partial charge on any atom is 0.334 e. The lowest BCUT2D eigenvalue weighted by Crippen LogP contribution is -2.29. The van der Waals surface area contributed by atoms with Crippen molar-refractivity contribution in [2.45, 2.75) is 32.8 Å². The van der Waals surface area contributed by atoms with E-state index in [2.05, 4.69) is 32.6 Å². The summed E-state index contributed by atoms with van der Waals surface area (Å²) >= 11 is 0. The summed E-state index contributed by atoms with van der Waals surface area (Å²) in [5, 5.41) is 0. The molecule has 0 radical (unpaired) electrons. The molecule has 0 aromatic heterocycles. The van der Waals surface area contributed by atoms with E-state index in [1.807, 2.05) is 0 Å². The van der Waals surface area contributed by atoms with E-state index in [4.69, 9.17) is 4.74 Å². The van der Waals surface area contributed by atoms with E-state index in [1.54, 1.807) is 0 Å². The van der Waals surface area contributed by atoms with Crippen LogP contribution < -0.4 is 0 Å². The maximum absolute atomic E-state index is 11.7. The minimum absolute atomic E-state index is 0.0208. The topological polar surface area (TPSA) is 26.3 Å². The van der Waals surface area contributed by atoms with Gasteiger partial charge in [-0.25, -0.2) is 4.79 Å². The quantitative estimate of drug-likeness (QED) is 0.363. The molecular weight excluding hydrogens is 212 g/mol. The molecule has 1 aliphatic heterocycles. The number of carbonyl (C=O) groups excluding carboxylic acids is 1. The summed E-state index contributed by atoms with van der Waals surface area (Å²) in [6, 6.07) is 0. The molecule has 0 spiro atoms. The molecular formula is C15H18O2. The normalized spacial score (nSPS) is 40.1. The molecule has 1 heterocycles. The molecule has 1 saturated heterocycles. The van der Waals surface area contributed by atoms with Gasteiger partial charge in [0.25, 0.3) is 0 Å². The molecule has 0 saturated carbocycles. The molecule has 90 valence electrons. The van der Waals surface area contributed by atoms with Crippen molar-refractivity contribution in [1.82, 2.24) is 0 Å². The molecule has 2 nitrogen and oxygen atoms in total. The maximum atomic E-state index is 11.7. The molecule has 4 atom stereocenters. The van der Waals surface area contributed by atoms with Crippen LogP contribution in [0.4, 0.5) is 0 Å². The van der Waals surface area contributed by atoms with Gasteiger partial charge >= 0.3 is 5.97 Å². The minimum atomic E-state index is -0.189. The third kappa shape index (κ3) is 1.43. The van der Waals surface area contributed by atoms with Crippen LogP contribution in [-0.4, -0.2) is 12.1 Å². The summed E-state index contributed by atoms with van der Waals surface area (Å²) < 4.78 is 5.58. The first-order chi connectivity index (χ1) is 8.09. The predicted molar refractivity (Wildman–Crippen MR) is 66.2 cm³/mol. The molecule has 3 aliphatic rings. The molecule has 17 heavy (non-hydrogen) atoms. The molecule has 0 bridgehead atoms. The fraction of sp³-hybridized carbons (Fsp3) is 0.533. The van der Waals surface area contributed by atoms with Gasteiger partial charge in [-0.2, -0.15) is 0 Å². The van der Waals surface area contributed by atoms with E-state index in [0.29, 0.717) is 17.4 Å². The first kappa shape index (κ1) is 10.8. The fourth-order valence-electron chi connectivity index (χ4n) is 3.57. The van der Waals surface area contributed by atoms with Crippen molar-refractivity contribution in [3.63, 3.8) is 0 Å². The van der Waals surface area contributed by atoms with Crippen LogP contribution in [0, 0.1) is 17.8 Å². The second kappa shape index (κ2) is 3.59. The highest BCUT2D eigenvalue weighted by molar-refractivity contribution is 5.91. The zero-order valence-electron chi connectivity index (χ0n) is 10.4. The van der Waals surface area contributed by atoms with E-state index in [1.165, 1.54) is 11.1 Å².